The van der Waals surface area contributed by atoms with E-state index in [2.05, 4.69) is 20.3 Å². The van der Waals surface area contributed by atoms with Gasteiger partial charge in [0, 0.05) is 46.5 Å². The Morgan fingerprint density at radius 3 is 2.54 bits per heavy atom. The summed E-state index contributed by atoms with van der Waals surface area (Å²) < 4.78 is 43.5. The first kappa shape index (κ1) is 23.3. The van der Waals surface area contributed by atoms with Crippen molar-refractivity contribution in [2.45, 2.75) is 50.7 Å². The molecule has 2 fully saturated rings. The molecule has 0 bridgehead atoms. The van der Waals surface area contributed by atoms with Crippen molar-refractivity contribution < 1.29 is 22.6 Å². The third-order valence-electron chi connectivity index (χ3n) is 4.78. The zero-order chi connectivity index (χ0) is 20.1. The van der Waals surface area contributed by atoms with Crippen LogP contribution >= 0.6 is 0 Å². The van der Waals surface area contributed by atoms with Crippen LogP contribution < -0.4 is 15.4 Å². The summed E-state index contributed by atoms with van der Waals surface area (Å²) in [7, 11) is -1.67. The van der Waals surface area contributed by atoms with Gasteiger partial charge in [0.2, 0.25) is 10.0 Å². The van der Waals surface area contributed by atoms with Gasteiger partial charge in [-0.3, -0.25) is 4.99 Å². The largest absolute Gasteiger partial charge is 0.379 e. The fourth-order valence-corrected chi connectivity index (χ4v) is 4.11. The Hall–Kier alpha value is -0.940. The number of hydrogen-bond acceptors (Lipinski definition) is 6. The molecule has 2 aliphatic heterocycles. The lowest BCUT2D eigenvalue weighted by atomic mass is 10.1. The molecule has 164 valence electrons. The molecule has 0 amide bonds. The zero-order valence-corrected chi connectivity index (χ0v) is 17.8. The predicted molar refractivity (Wildman–Crippen MR) is 109 cm³/mol. The minimum absolute atomic E-state index is 0.00614. The molecule has 2 aliphatic rings. The van der Waals surface area contributed by atoms with Crippen molar-refractivity contribution in [1.29, 1.82) is 0 Å². The molecule has 2 rings (SSSR count). The van der Waals surface area contributed by atoms with Crippen LogP contribution in [0.5, 0.6) is 0 Å². The second-order valence-electron chi connectivity index (χ2n) is 7.15. The predicted octanol–water partition coefficient (Wildman–Crippen LogP) is 0.226. The summed E-state index contributed by atoms with van der Waals surface area (Å²) in [5.74, 6) is 0.579. The van der Waals surface area contributed by atoms with Gasteiger partial charge in [-0.2, -0.15) is 0 Å². The van der Waals surface area contributed by atoms with Crippen molar-refractivity contribution in [2.75, 3.05) is 58.9 Å². The fourth-order valence-electron chi connectivity index (χ4n) is 3.16. The molecule has 0 saturated carbocycles. The standard InChI is InChI=1S/C18H36N4O5S/c1-19-18(20-8-5-10-25-15-17-7-4-12-27-17)21-9-13-28(23,24)22-14-16-6-2-3-11-26-16/h16-17,22H,2-15H2,1H3,(H2,19,20,21). The van der Waals surface area contributed by atoms with Gasteiger partial charge >= 0.3 is 0 Å². The number of guanidine groups is 1. The topological polar surface area (TPSA) is 110 Å². The molecule has 0 aliphatic carbocycles. The van der Waals surface area contributed by atoms with Gasteiger partial charge in [0.1, 0.15) is 0 Å². The second kappa shape index (κ2) is 13.3. The Labute approximate surface area is 169 Å². The quantitative estimate of drug-likeness (QED) is 0.235. The number of nitrogens with zero attached hydrogens (tertiary/aromatic N) is 1. The number of ether oxygens (including phenoxy) is 3. The zero-order valence-electron chi connectivity index (χ0n) is 17.0. The van der Waals surface area contributed by atoms with Gasteiger partial charge in [-0.05, 0) is 38.5 Å². The van der Waals surface area contributed by atoms with Gasteiger partial charge < -0.3 is 24.8 Å². The summed E-state index contributed by atoms with van der Waals surface area (Å²) >= 11 is 0. The molecular formula is C18H36N4O5S. The van der Waals surface area contributed by atoms with E-state index >= 15 is 0 Å². The Morgan fingerprint density at radius 2 is 1.82 bits per heavy atom. The minimum Gasteiger partial charge on any atom is -0.379 e. The van der Waals surface area contributed by atoms with Gasteiger partial charge in [0.25, 0.3) is 0 Å². The van der Waals surface area contributed by atoms with Crippen molar-refractivity contribution in [3.63, 3.8) is 0 Å². The molecule has 2 heterocycles. The number of hydrogen-bond donors (Lipinski definition) is 3. The summed E-state index contributed by atoms with van der Waals surface area (Å²) in [4.78, 5) is 4.11. The summed E-state index contributed by atoms with van der Waals surface area (Å²) in [6.07, 6.45) is 6.35. The highest BCUT2D eigenvalue weighted by atomic mass is 32.2. The van der Waals surface area contributed by atoms with Gasteiger partial charge in [0.05, 0.1) is 24.6 Å². The third-order valence-corrected chi connectivity index (χ3v) is 6.13. The first-order chi connectivity index (χ1) is 13.6. The van der Waals surface area contributed by atoms with E-state index in [-0.39, 0.29) is 24.5 Å². The van der Waals surface area contributed by atoms with Crippen molar-refractivity contribution in [1.82, 2.24) is 15.4 Å². The minimum atomic E-state index is -3.33. The van der Waals surface area contributed by atoms with Crippen molar-refractivity contribution in [2.24, 2.45) is 4.99 Å². The highest BCUT2D eigenvalue weighted by Gasteiger charge is 2.18. The number of sulfonamides is 1. The molecule has 28 heavy (non-hydrogen) atoms. The van der Waals surface area contributed by atoms with E-state index in [9.17, 15) is 8.42 Å². The van der Waals surface area contributed by atoms with E-state index in [1.54, 1.807) is 7.05 Å². The lowest BCUT2D eigenvalue weighted by molar-refractivity contribution is 0.0168. The maximum absolute atomic E-state index is 12.1. The molecule has 2 unspecified atom stereocenters. The van der Waals surface area contributed by atoms with Crippen LogP contribution in [-0.4, -0.2) is 85.4 Å². The molecule has 0 aromatic heterocycles. The van der Waals surface area contributed by atoms with Crippen molar-refractivity contribution >= 4 is 16.0 Å². The maximum atomic E-state index is 12.1. The Balaban J connectivity index is 1.49. The SMILES string of the molecule is CN=C(NCCCOCC1CCCO1)NCCS(=O)(=O)NCC1CCCCO1. The molecule has 2 saturated heterocycles. The van der Waals surface area contributed by atoms with Gasteiger partial charge in [-0.25, -0.2) is 13.1 Å². The number of aliphatic imine (C=N–C) groups is 1. The number of rotatable bonds is 12. The molecule has 2 atom stereocenters. The lowest BCUT2D eigenvalue weighted by Gasteiger charge is -2.22. The second-order valence-corrected chi connectivity index (χ2v) is 9.07. The van der Waals surface area contributed by atoms with E-state index in [0.29, 0.717) is 32.3 Å². The molecular weight excluding hydrogens is 384 g/mol. The fraction of sp³-hybridized carbons (Fsp3) is 0.944. The van der Waals surface area contributed by atoms with Crippen LogP contribution in [0, 0.1) is 0 Å². The maximum Gasteiger partial charge on any atom is 0.213 e. The summed E-state index contributed by atoms with van der Waals surface area (Å²) in [6.45, 7) is 4.22. The van der Waals surface area contributed by atoms with E-state index in [1.807, 2.05) is 0 Å². The monoisotopic (exact) mass is 420 g/mol. The van der Waals surface area contributed by atoms with E-state index < -0.39 is 10.0 Å². The highest BCUT2D eigenvalue weighted by molar-refractivity contribution is 7.89. The van der Waals surface area contributed by atoms with Crippen LogP contribution in [0.3, 0.4) is 0 Å². The van der Waals surface area contributed by atoms with Gasteiger partial charge in [0.15, 0.2) is 5.96 Å². The third kappa shape index (κ3) is 10.0. The summed E-state index contributed by atoms with van der Waals surface area (Å²) in [6, 6.07) is 0. The first-order valence-corrected chi connectivity index (χ1v) is 12.0. The van der Waals surface area contributed by atoms with Crippen LogP contribution in [0.25, 0.3) is 0 Å². The van der Waals surface area contributed by atoms with E-state index in [0.717, 1.165) is 51.7 Å². The molecule has 0 radical (unpaired) electrons. The first-order valence-electron chi connectivity index (χ1n) is 10.3. The van der Waals surface area contributed by atoms with Gasteiger partial charge in [-0.15, -0.1) is 0 Å². The Morgan fingerprint density at radius 1 is 1.07 bits per heavy atom. The summed E-state index contributed by atoms with van der Waals surface area (Å²) in [5, 5.41) is 6.19. The van der Waals surface area contributed by atoms with Crippen LogP contribution in [0.4, 0.5) is 0 Å². The smallest absolute Gasteiger partial charge is 0.213 e. The Bertz CT molecular complexity index is 546. The van der Waals surface area contributed by atoms with E-state index in [1.165, 1.54) is 0 Å². The van der Waals surface area contributed by atoms with Crippen LogP contribution in [0.2, 0.25) is 0 Å². The molecule has 9 nitrogen and oxygen atoms in total. The molecule has 0 spiro atoms. The molecule has 3 N–H and O–H groups in total. The molecule has 10 heteroatoms. The molecule has 0 aromatic rings. The van der Waals surface area contributed by atoms with Crippen molar-refractivity contribution in [3.05, 3.63) is 0 Å². The average molecular weight is 421 g/mol. The van der Waals surface area contributed by atoms with Crippen LogP contribution in [0.15, 0.2) is 4.99 Å². The lowest BCUT2D eigenvalue weighted by Crippen LogP contribution is -2.42. The van der Waals surface area contributed by atoms with Crippen LogP contribution in [0.1, 0.15) is 38.5 Å². The Kier molecular flexibility index (Phi) is 11.1. The summed E-state index contributed by atoms with van der Waals surface area (Å²) in [5.41, 5.74) is 0. The average Bonchev–Trinajstić information content (AvgIpc) is 3.22. The van der Waals surface area contributed by atoms with Gasteiger partial charge in [-0.1, -0.05) is 0 Å². The van der Waals surface area contributed by atoms with Crippen molar-refractivity contribution in [3.8, 4) is 0 Å². The number of nitrogens with one attached hydrogen (secondary N) is 3. The highest BCUT2D eigenvalue weighted by Crippen LogP contribution is 2.12. The molecule has 0 aromatic carbocycles. The van der Waals surface area contributed by atoms with Crippen LogP contribution in [-0.2, 0) is 24.2 Å². The van der Waals surface area contributed by atoms with E-state index in [4.69, 9.17) is 14.2 Å². The normalized spacial score (nSPS) is 23.7.